The molecule has 1 N–H and O–H groups in total. The number of nitrogens with zero attached hydrogens (tertiary/aromatic N) is 2. The molecule has 1 atom stereocenters. The predicted molar refractivity (Wildman–Crippen MR) is 86.5 cm³/mol. The Kier molecular flexibility index (Phi) is 4.23. The lowest BCUT2D eigenvalue weighted by molar-refractivity contribution is 0.515. The molecule has 0 amide bonds. The van der Waals surface area contributed by atoms with Gasteiger partial charge in [-0.1, -0.05) is 36.7 Å². The molecule has 1 aromatic carbocycles. The Balaban J connectivity index is 1.73. The van der Waals surface area contributed by atoms with E-state index < -0.39 is 0 Å². The van der Waals surface area contributed by atoms with E-state index in [9.17, 15) is 0 Å². The van der Waals surface area contributed by atoms with Crippen LogP contribution in [0, 0.1) is 0 Å². The van der Waals surface area contributed by atoms with Crippen LogP contribution in [0.3, 0.4) is 0 Å². The van der Waals surface area contributed by atoms with Crippen LogP contribution in [-0.4, -0.2) is 9.38 Å². The summed E-state index contributed by atoms with van der Waals surface area (Å²) in [4.78, 5) is 4.60. The third-order valence-corrected chi connectivity index (χ3v) is 3.84. The minimum Gasteiger partial charge on any atom is -0.307 e. The third-order valence-electron chi connectivity index (χ3n) is 3.60. The maximum Gasteiger partial charge on any atom is 0.137 e. The molecular formula is C17H18ClN3. The molecule has 0 radical (unpaired) electrons. The zero-order valence-electron chi connectivity index (χ0n) is 12.0. The van der Waals surface area contributed by atoms with Gasteiger partial charge in [0.2, 0.25) is 0 Å². The van der Waals surface area contributed by atoms with Gasteiger partial charge in [0, 0.05) is 30.0 Å². The summed E-state index contributed by atoms with van der Waals surface area (Å²) in [6.07, 6.45) is 5.08. The molecule has 0 aliphatic carbocycles. The number of fused-ring (bicyclic) bond motifs is 1. The fraction of sp³-hybridized carbons (Fsp3) is 0.235. The van der Waals surface area contributed by atoms with Crippen LogP contribution in [0.15, 0.2) is 54.9 Å². The van der Waals surface area contributed by atoms with E-state index in [0.29, 0.717) is 0 Å². The van der Waals surface area contributed by atoms with E-state index in [1.165, 1.54) is 5.56 Å². The average Bonchev–Trinajstić information content (AvgIpc) is 2.91. The van der Waals surface area contributed by atoms with Gasteiger partial charge in [-0.3, -0.25) is 0 Å². The first kappa shape index (κ1) is 14.1. The second kappa shape index (κ2) is 6.29. The van der Waals surface area contributed by atoms with Crippen molar-refractivity contribution in [1.82, 2.24) is 14.7 Å². The Morgan fingerprint density at radius 1 is 1.24 bits per heavy atom. The summed E-state index contributed by atoms with van der Waals surface area (Å²) in [7, 11) is 0. The molecule has 21 heavy (non-hydrogen) atoms. The predicted octanol–water partition coefficient (Wildman–Crippen LogP) is 4.23. The highest BCUT2D eigenvalue weighted by molar-refractivity contribution is 6.30. The summed E-state index contributed by atoms with van der Waals surface area (Å²) < 4.78 is 2.04. The van der Waals surface area contributed by atoms with Gasteiger partial charge >= 0.3 is 0 Å². The highest BCUT2D eigenvalue weighted by atomic mass is 35.5. The minimum absolute atomic E-state index is 0.286. The molecule has 2 aromatic heterocycles. The van der Waals surface area contributed by atoms with Crippen LogP contribution in [0.25, 0.3) is 5.65 Å². The van der Waals surface area contributed by atoms with E-state index >= 15 is 0 Å². The number of rotatable bonds is 5. The number of aromatic nitrogens is 2. The smallest absolute Gasteiger partial charge is 0.137 e. The zero-order valence-corrected chi connectivity index (χ0v) is 12.7. The van der Waals surface area contributed by atoms with Gasteiger partial charge in [-0.25, -0.2) is 4.98 Å². The standard InChI is InChI=1S/C17H18ClN3/c1-2-16(13-6-5-7-14(18)10-13)19-11-15-12-21-9-4-3-8-17(21)20-15/h3-10,12,16,19H,2,11H2,1H3. The first-order valence-electron chi connectivity index (χ1n) is 7.17. The Bertz CT molecular complexity index is 702. The minimum atomic E-state index is 0.286. The normalized spacial score (nSPS) is 12.7. The van der Waals surface area contributed by atoms with E-state index in [1.807, 2.05) is 47.0 Å². The van der Waals surface area contributed by atoms with Crippen molar-refractivity contribution in [3.05, 3.63) is 71.1 Å². The molecule has 4 heteroatoms. The molecule has 0 saturated heterocycles. The molecule has 2 heterocycles. The maximum atomic E-state index is 6.07. The van der Waals surface area contributed by atoms with Gasteiger partial charge in [0.1, 0.15) is 5.65 Å². The van der Waals surface area contributed by atoms with Crippen molar-refractivity contribution in [2.75, 3.05) is 0 Å². The summed E-state index contributed by atoms with van der Waals surface area (Å²) in [5.74, 6) is 0. The van der Waals surface area contributed by atoms with Gasteiger partial charge in [0.15, 0.2) is 0 Å². The Morgan fingerprint density at radius 2 is 2.14 bits per heavy atom. The van der Waals surface area contributed by atoms with Crippen molar-refractivity contribution in [1.29, 1.82) is 0 Å². The summed E-state index contributed by atoms with van der Waals surface area (Å²) >= 11 is 6.07. The number of benzene rings is 1. The lowest BCUT2D eigenvalue weighted by Crippen LogP contribution is -2.20. The van der Waals surface area contributed by atoms with Crippen LogP contribution in [0.5, 0.6) is 0 Å². The van der Waals surface area contributed by atoms with Crippen molar-refractivity contribution >= 4 is 17.2 Å². The van der Waals surface area contributed by atoms with Gasteiger partial charge in [-0.05, 0) is 36.2 Å². The summed E-state index contributed by atoms with van der Waals surface area (Å²) in [6.45, 7) is 2.91. The molecule has 3 nitrogen and oxygen atoms in total. The van der Waals surface area contributed by atoms with Crippen LogP contribution >= 0.6 is 11.6 Å². The molecule has 0 spiro atoms. The second-order valence-corrected chi connectivity index (χ2v) is 5.53. The quantitative estimate of drug-likeness (QED) is 0.764. The SMILES string of the molecule is CCC(NCc1cn2ccccc2n1)c1cccc(Cl)c1. The van der Waals surface area contributed by atoms with E-state index in [1.54, 1.807) is 0 Å². The highest BCUT2D eigenvalue weighted by Crippen LogP contribution is 2.20. The van der Waals surface area contributed by atoms with Gasteiger partial charge in [0.25, 0.3) is 0 Å². The number of nitrogens with one attached hydrogen (secondary N) is 1. The Morgan fingerprint density at radius 3 is 2.90 bits per heavy atom. The number of pyridine rings is 1. The molecule has 3 aromatic rings. The van der Waals surface area contributed by atoms with E-state index in [4.69, 9.17) is 11.6 Å². The molecule has 0 saturated carbocycles. The number of hydrogen-bond acceptors (Lipinski definition) is 2. The van der Waals surface area contributed by atoms with E-state index in [-0.39, 0.29) is 6.04 Å². The summed E-state index contributed by atoms with van der Waals surface area (Å²) in [5.41, 5.74) is 3.24. The third kappa shape index (κ3) is 3.26. The molecule has 0 bridgehead atoms. The van der Waals surface area contributed by atoms with Crippen molar-refractivity contribution in [3.8, 4) is 0 Å². The Labute approximate surface area is 129 Å². The zero-order chi connectivity index (χ0) is 14.7. The molecule has 0 aliphatic rings. The van der Waals surface area contributed by atoms with Crippen molar-refractivity contribution in [3.63, 3.8) is 0 Å². The van der Waals surface area contributed by atoms with Crippen LogP contribution in [-0.2, 0) is 6.54 Å². The van der Waals surface area contributed by atoms with Crippen molar-refractivity contribution in [2.24, 2.45) is 0 Å². The van der Waals surface area contributed by atoms with Crippen LogP contribution in [0.2, 0.25) is 5.02 Å². The maximum absolute atomic E-state index is 6.07. The molecule has 108 valence electrons. The largest absolute Gasteiger partial charge is 0.307 e. The van der Waals surface area contributed by atoms with Gasteiger partial charge < -0.3 is 9.72 Å². The topological polar surface area (TPSA) is 29.3 Å². The van der Waals surface area contributed by atoms with E-state index in [0.717, 1.165) is 29.3 Å². The molecule has 0 fully saturated rings. The van der Waals surface area contributed by atoms with Crippen molar-refractivity contribution < 1.29 is 0 Å². The lowest BCUT2D eigenvalue weighted by Gasteiger charge is -2.17. The van der Waals surface area contributed by atoms with Gasteiger partial charge in [0.05, 0.1) is 5.69 Å². The average molecular weight is 300 g/mol. The van der Waals surface area contributed by atoms with Gasteiger partial charge in [-0.2, -0.15) is 0 Å². The van der Waals surface area contributed by atoms with Gasteiger partial charge in [-0.15, -0.1) is 0 Å². The Hall–Kier alpha value is -1.84. The fourth-order valence-electron chi connectivity index (χ4n) is 2.52. The molecule has 1 unspecified atom stereocenters. The first-order valence-corrected chi connectivity index (χ1v) is 7.55. The lowest BCUT2D eigenvalue weighted by atomic mass is 10.0. The molecular weight excluding hydrogens is 282 g/mol. The highest BCUT2D eigenvalue weighted by Gasteiger charge is 2.10. The molecule has 3 rings (SSSR count). The van der Waals surface area contributed by atoms with Crippen LogP contribution in [0.1, 0.15) is 30.6 Å². The van der Waals surface area contributed by atoms with E-state index in [2.05, 4.69) is 29.5 Å². The van der Waals surface area contributed by atoms with Crippen LogP contribution < -0.4 is 5.32 Å². The second-order valence-electron chi connectivity index (χ2n) is 5.10. The van der Waals surface area contributed by atoms with Crippen molar-refractivity contribution in [2.45, 2.75) is 25.9 Å². The number of halogens is 1. The number of hydrogen-bond donors (Lipinski definition) is 1. The monoisotopic (exact) mass is 299 g/mol. The van der Waals surface area contributed by atoms with Crippen LogP contribution in [0.4, 0.5) is 0 Å². The summed E-state index contributed by atoms with van der Waals surface area (Å²) in [5, 5.41) is 4.33. The fourth-order valence-corrected chi connectivity index (χ4v) is 2.72. The summed E-state index contributed by atoms with van der Waals surface area (Å²) in [6, 6.07) is 14.3. The molecule has 0 aliphatic heterocycles. The first-order chi connectivity index (χ1) is 10.3. The number of imidazole rings is 1.